The largest absolute Gasteiger partial charge is 0.417 e. The van der Waals surface area contributed by atoms with E-state index in [1.165, 1.54) is 36.0 Å². The maximum absolute atomic E-state index is 13.8. The Morgan fingerprint density at radius 3 is 2.25 bits per heavy atom. The molecule has 2 aromatic rings. The maximum Gasteiger partial charge on any atom is 0.417 e. The first kappa shape index (κ1) is 20.1. The van der Waals surface area contributed by atoms with Crippen molar-refractivity contribution in [3.8, 4) is 11.1 Å². The number of halogens is 3. The van der Waals surface area contributed by atoms with Crippen molar-refractivity contribution in [2.75, 3.05) is 33.2 Å². The molecule has 0 saturated carbocycles. The van der Waals surface area contributed by atoms with Gasteiger partial charge in [0.25, 0.3) is 11.5 Å². The molecular weight excluding hydrogens is 371 g/mol. The Bertz CT molecular complexity index is 932. The van der Waals surface area contributed by atoms with E-state index in [9.17, 15) is 22.8 Å². The lowest BCUT2D eigenvalue weighted by Gasteiger charge is -2.32. The number of alkyl halides is 3. The second-order valence-corrected chi connectivity index (χ2v) is 7.18. The lowest BCUT2D eigenvalue weighted by atomic mass is 9.96. The molecule has 28 heavy (non-hydrogen) atoms. The number of nitrogens with zero attached hydrogens (tertiary/aromatic N) is 3. The minimum Gasteiger partial charge on any atom is -0.336 e. The zero-order valence-electron chi connectivity index (χ0n) is 16.0. The molecule has 0 aliphatic carbocycles. The first-order chi connectivity index (χ1) is 13.1. The van der Waals surface area contributed by atoms with Crippen molar-refractivity contribution >= 4 is 5.91 Å². The van der Waals surface area contributed by atoms with Crippen LogP contribution in [0.25, 0.3) is 11.1 Å². The van der Waals surface area contributed by atoms with E-state index in [1.807, 2.05) is 7.05 Å². The van der Waals surface area contributed by atoms with Crippen LogP contribution in [0.5, 0.6) is 0 Å². The SMILES string of the molecule is Cc1cc(-c2ccc(C(=O)N3CCN(C)CC3)cc2C(F)(F)F)cn(C)c1=O. The molecule has 0 bridgehead atoms. The number of piperazine rings is 1. The average Bonchev–Trinajstić information content (AvgIpc) is 2.64. The number of rotatable bonds is 2. The Kier molecular flexibility index (Phi) is 5.34. The van der Waals surface area contributed by atoms with Crippen LogP contribution in [0.3, 0.4) is 0 Å². The standard InChI is InChI=1S/C20H22F3N3O2/c1-13-10-15(12-25(3)18(13)27)16-5-4-14(11-17(16)20(21,22)23)19(28)26-8-6-24(2)7-9-26/h4-5,10-12H,6-9H2,1-3H3. The summed E-state index contributed by atoms with van der Waals surface area (Å²) in [6.45, 7) is 3.90. The Labute approximate surface area is 161 Å². The van der Waals surface area contributed by atoms with Gasteiger partial charge in [0.2, 0.25) is 0 Å². The number of hydrogen-bond acceptors (Lipinski definition) is 3. The number of hydrogen-bond donors (Lipinski definition) is 0. The van der Waals surface area contributed by atoms with Crippen LogP contribution in [-0.2, 0) is 13.2 Å². The molecule has 0 spiro atoms. The molecule has 1 aliphatic heterocycles. The number of carbonyl (C=O) groups is 1. The average molecular weight is 393 g/mol. The van der Waals surface area contributed by atoms with Crippen LogP contribution < -0.4 is 5.56 Å². The first-order valence-corrected chi connectivity index (χ1v) is 8.94. The van der Waals surface area contributed by atoms with Crippen LogP contribution >= 0.6 is 0 Å². The van der Waals surface area contributed by atoms with Gasteiger partial charge in [-0.2, -0.15) is 13.2 Å². The van der Waals surface area contributed by atoms with Gasteiger partial charge in [0, 0.05) is 50.6 Å². The van der Waals surface area contributed by atoms with Gasteiger partial charge in [0.1, 0.15) is 0 Å². The summed E-state index contributed by atoms with van der Waals surface area (Å²) in [6, 6.07) is 5.09. The molecule has 3 rings (SSSR count). The molecule has 1 aliphatic rings. The predicted octanol–water partition coefficient (Wildman–Crippen LogP) is 2.77. The Morgan fingerprint density at radius 2 is 1.68 bits per heavy atom. The summed E-state index contributed by atoms with van der Waals surface area (Å²) in [5.74, 6) is -0.401. The molecule has 1 saturated heterocycles. The highest BCUT2D eigenvalue weighted by molar-refractivity contribution is 5.95. The van der Waals surface area contributed by atoms with Crippen molar-refractivity contribution < 1.29 is 18.0 Å². The quantitative estimate of drug-likeness (QED) is 0.788. The van der Waals surface area contributed by atoms with Gasteiger partial charge in [-0.15, -0.1) is 0 Å². The van der Waals surface area contributed by atoms with E-state index in [0.717, 1.165) is 6.07 Å². The van der Waals surface area contributed by atoms with Crippen LogP contribution in [0.15, 0.2) is 35.3 Å². The molecule has 0 unspecified atom stereocenters. The van der Waals surface area contributed by atoms with Gasteiger partial charge in [-0.1, -0.05) is 6.07 Å². The van der Waals surface area contributed by atoms with Gasteiger partial charge in [0.15, 0.2) is 0 Å². The van der Waals surface area contributed by atoms with E-state index in [1.54, 1.807) is 11.8 Å². The zero-order chi connectivity index (χ0) is 20.6. The van der Waals surface area contributed by atoms with Gasteiger partial charge < -0.3 is 14.4 Å². The van der Waals surface area contributed by atoms with E-state index in [-0.39, 0.29) is 22.2 Å². The van der Waals surface area contributed by atoms with Crippen molar-refractivity contribution in [2.24, 2.45) is 7.05 Å². The van der Waals surface area contributed by atoms with E-state index >= 15 is 0 Å². The Hall–Kier alpha value is -2.61. The van der Waals surface area contributed by atoms with Gasteiger partial charge in [-0.25, -0.2) is 0 Å². The van der Waals surface area contributed by atoms with Gasteiger partial charge in [-0.05, 0) is 43.3 Å². The van der Waals surface area contributed by atoms with Crippen LogP contribution in [0, 0.1) is 6.92 Å². The van der Waals surface area contributed by atoms with Crippen molar-refractivity contribution in [3.63, 3.8) is 0 Å². The maximum atomic E-state index is 13.8. The normalized spacial score (nSPS) is 15.7. The van der Waals surface area contributed by atoms with Gasteiger partial charge >= 0.3 is 6.18 Å². The van der Waals surface area contributed by atoms with Crippen LogP contribution in [0.2, 0.25) is 0 Å². The van der Waals surface area contributed by atoms with Crippen LogP contribution in [0.4, 0.5) is 13.2 Å². The summed E-state index contributed by atoms with van der Waals surface area (Å²) in [4.78, 5) is 28.2. The topological polar surface area (TPSA) is 45.6 Å². The molecule has 1 amide bonds. The summed E-state index contributed by atoms with van der Waals surface area (Å²) in [7, 11) is 3.44. The zero-order valence-corrected chi connectivity index (χ0v) is 16.0. The fourth-order valence-electron chi connectivity index (χ4n) is 3.38. The fourth-order valence-corrected chi connectivity index (χ4v) is 3.38. The smallest absolute Gasteiger partial charge is 0.336 e. The summed E-state index contributed by atoms with van der Waals surface area (Å²) in [5, 5.41) is 0. The summed E-state index contributed by atoms with van der Waals surface area (Å²) in [5.41, 5.74) is -0.552. The summed E-state index contributed by atoms with van der Waals surface area (Å²) in [6.07, 6.45) is -3.25. The molecular formula is C20H22F3N3O2. The fraction of sp³-hybridized carbons (Fsp3) is 0.400. The monoisotopic (exact) mass is 393 g/mol. The molecule has 150 valence electrons. The third-order valence-electron chi connectivity index (χ3n) is 5.04. The third-order valence-corrected chi connectivity index (χ3v) is 5.04. The second kappa shape index (κ2) is 7.43. The number of benzene rings is 1. The molecule has 8 heteroatoms. The van der Waals surface area contributed by atoms with Gasteiger partial charge in [-0.3, -0.25) is 9.59 Å². The lowest BCUT2D eigenvalue weighted by Crippen LogP contribution is -2.47. The number of aryl methyl sites for hydroxylation is 2. The highest BCUT2D eigenvalue weighted by Crippen LogP contribution is 2.38. The molecule has 1 aromatic carbocycles. The van der Waals surface area contributed by atoms with E-state index in [4.69, 9.17) is 0 Å². The lowest BCUT2D eigenvalue weighted by molar-refractivity contribution is -0.137. The van der Waals surface area contributed by atoms with E-state index in [2.05, 4.69) is 4.90 Å². The number of aromatic nitrogens is 1. The number of carbonyl (C=O) groups excluding carboxylic acids is 1. The minimum atomic E-state index is -4.63. The van der Waals surface area contributed by atoms with Crippen molar-refractivity contribution in [2.45, 2.75) is 13.1 Å². The van der Waals surface area contributed by atoms with E-state index in [0.29, 0.717) is 31.7 Å². The molecule has 0 atom stereocenters. The second-order valence-electron chi connectivity index (χ2n) is 7.18. The number of pyridine rings is 1. The molecule has 0 radical (unpaired) electrons. The molecule has 1 aromatic heterocycles. The number of likely N-dealkylation sites (N-methyl/N-ethyl adjacent to an activating group) is 1. The predicted molar refractivity (Wildman–Crippen MR) is 100 cm³/mol. The summed E-state index contributed by atoms with van der Waals surface area (Å²) < 4.78 is 42.5. The molecule has 1 fully saturated rings. The first-order valence-electron chi connectivity index (χ1n) is 8.94. The van der Waals surface area contributed by atoms with Crippen molar-refractivity contribution in [1.82, 2.24) is 14.4 Å². The van der Waals surface area contributed by atoms with E-state index < -0.39 is 17.6 Å². The molecule has 2 heterocycles. The van der Waals surface area contributed by atoms with Crippen molar-refractivity contribution in [1.29, 1.82) is 0 Å². The van der Waals surface area contributed by atoms with Gasteiger partial charge in [0.05, 0.1) is 5.56 Å². The number of amides is 1. The Balaban J connectivity index is 2.04. The highest BCUT2D eigenvalue weighted by atomic mass is 19.4. The summed E-state index contributed by atoms with van der Waals surface area (Å²) >= 11 is 0. The molecule has 5 nitrogen and oxygen atoms in total. The molecule has 0 N–H and O–H groups in total. The van der Waals surface area contributed by atoms with Crippen molar-refractivity contribution in [3.05, 3.63) is 57.5 Å². The van der Waals surface area contributed by atoms with Crippen LogP contribution in [0.1, 0.15) is 21.5 Å². The Morgan fingerprint density at radius 1 is 1.04 bits per heavy atom. The third kappa shape index (κ3) is 3.96. The minimum absolute atomic E-state index is 0.0159. The highest BCUT2D eigenvalue weighted by Gasteiger charge is 2.35. The van der Waals surface area contributed by atoms with Crippen LogP contribution in [-0.4, -0.2) is 53.5 Å².